The summed E-state index contributed by atoms with van der Waals surface area (Å²) in [4.78, 5) is 5.04. The highest BCUT2D eigenvalue weighted by Crippen LogP contribution is 2.47. The van der Waals surface area contributed by atoms with Crippen LogP contribution in [0.5, 0.6) is 0 Å². The molecule has 0 spiro atoms. The normalized spacial score (nSPS) is 12.8. The van der Waals surface area contributed by atoms with Crippen LogP contribution in [-0.2, 0) is 27.6 Å². The molecule has 3 heterocycles. The highest BCUT2D eigenvalue weighted by Gasteiger charge is 2.27. The van der Waals surface area contributed by atoms with E-state index in [0.29, 0.717) is 0 Å². The largest absolute Gasteiger partial charge is 0.343 e. The van der Waals surface area contributed by atoms with Crippen LogP contribution in [0.4, 0.5) is 22.7 Å². The number of hydrogen-bond donors (Lipinski definition) is 0. The Balaban J connectivity index is 0.00000401. The zero-order valence-corrected chi connectivity index (χ0v) is 28.0. The summed E-state index contributed by atoms with van der Waals surface area (Å²) >= 11 is 0. The SMILES string of the molecule is C.CCCCN1c2ccccc2N(CCCCc2c(/C=N/N=C/c3n(C)c4ccccc4[n+]3C)n(C)c3ccccc23)c2ccccc21. The minimum atomic E-state index is 0. The van der Waals surface area contributed by atoms with E-state index in [1.54, 1.807) is 0 Å². The molecule has 6 aromatic rings. The fourth-order valence-electron chi connectivity index (χ4n) is 7.24. The lowest BCUT2D eigenvalue weighted by Gasteiger charge is -2.40. The molecule has 7 rings (SSSR count). The number of unbranched alkanes of at least 4 members (excludes halogenated alkanes) is 2. The number of fused-ring (bicyclic) bond motifs is 4. The molecule has 0 saturated carbocycles. The van der Waals surface area contributed by atoms with E-state index in [-0.39, 0.29) is 7.43 Å². The van der Waals surface area contributed by atoms with E-state index in [9.17, 15) is 0 Å². The van der Waals surface area contributed by atoms with Gasteiger partial charge < -0.3 is 14.4 Å². The molecule has 1 aliphatic heterocycles. The number of aromatic nitrogens is 3. The Morgan fingerprint density at radius 3 is 1.79 bits per heavy atom. The van der Waals surface area contributed by atoms with Gasteiger partial charge in [0.1, 0.15) is 6.21 Å². The number of anilines is 4. The summed E-state index contributed by atoms with van der Waals surface area (Å²) in [5.74, 6) is 0.995. The van der Waals surface area contributed by atoms with Gasteiger partial charge >= 0.3 is 5.82 Å². The molecule has 0 N–H and O–H groups in total. The maximum Gasteiger partial charge on any atom is 0.302 e. The maximum atomic E-state index is 4.57. The monoisotopic (exact) mass is 638 g/mol. The molecule has 7 nitrogen and oxygen atoms in total. The number of nitrogens with zero attached hydrogens (tertiary/aromatic N) is 7. The summed E-state index contributed by atoms with van der Waals surface area (Å²) in [5.41, 5.74) is 11.2. The quantitative estimate of drug-likeness (QED) is 0.0615. The average molecular weight is 639 g/mol. The third-order valence-corrected chi connectivity index (χ3v) is 9.69. The molecular weight excluding hydrogens is 591 g/mol. The second-order valence-electron chi connectivity index (χ2n) is 12.5. The molecule has 0 atom stereocenters. The summed E-state index contributed by atoms with van der Waals surface area (Å²) in [7, 11) is 6.27. The van der Waals surface area contributed by atoms with Gasteiger partial charge in [0.15, 0.2) is 11.0 Å². The van der Waals surface area contributed by atoms with Crippen LogP contribution >= 0.6 is 0 Å². The summed E-state index contributed by atoms with van der Waals surface area (Å²) in [6, 6.07) is 34.8. The van der Waals surface area contributed by atoms with E-state index in [1.807, 2.05) is 12.4 Å². The topological polar surface area (TPSA) is 44.9 Å². The summed E-state index contributed by atoms with van der Waals surface area (Å²) < 4.78 is 6.55. The Morgan fingerprint density at radius 1 is 0.625 bits per heavy atom. The Kier molecular flexibility index (Phi) is 9.76. The number of imidazole rings is 1. The van der Waals surface area contributed by atoms with Gasteiger partial charge in [-0.3, -0.25) is 0 Å². The summed E-state index contributed by atoms with van der Waals surface area (Å²) in [5, 5.41) is 10.4. The van der Waals surface area contributed by atoms with Crippen LogP contribution in [-0.4, -0.2) is 34.7 Å². The first kappa shape index (κ1) is 32.8. The molecule has 0 bridgehead atoms. The average Bonchev–Trinajstić information content (AvgIpc) is 3.52. The first-order valence-corrected chi connectivity index (χ1v) is 16.9. The van der Waals surface area contributed by atoms with Gasteiger partial charge in [-0.25, -0.2) is 9.13 Å². The first-order valence-electron chi connectivity index (χ1n) is 16.9. The lowest BCUT2D eigenvalue weighted by molar-refractivity contribution is -0.646. The molecule has 48 heavy (non-hydrogen) atoms. The molecule has 0 unspecified atom stereocenters. The van der Waals surface area contributed by atoms with Gasteiger partial charge in [0.2, 0.25) is 0 Å². The standard InChI is InChI=1S/C40H44N7.CH4/c1-5-6-26-46-35-22-11-13-24-37(35)47(38-25-14-12-23-36(38)46)27-16-15-18-31-30-17-7-8-19-32(30)43(2)39(31)28-41-42-29-40-44(3)33-20-9-10-21-34(33)45(40)4;/h7-14,17,19-25,28-29H,5-6,15-16,18,26-27H2,1-4H3;1H4/q+1;. The number of benzene rings is 4. The predicted molar refractivity (Wildman–Crippen MR) is 204 cm³/mol. The van der Waals surface area contributed by atoms with Crippen LogP contribution in [0.25, 0.3) is 21.9 Å². The second kappa shape index (κ2) is 14.3. The van der Waals surface area contributed by atoms with Gasteiger partial charge in [0.05, 0.1) is 48.8 Å². The molecule has 246 valence electrons. The van der Waals surface area contributed by atoms with E-state index in [4.69, 9.17) is 0 Å². The molecule has 0 amide bonds. The molecule has 0 saturated heterocycles. The summed E-state index contributed by atoms with van der Waals surface area (Å²) in [6.07, 6.45) is 9.25. The van der Waals surface area contributed by atoms with Crippen molar-refractivity contribution in [2.24, 2.45) is 31.3 Å². The van der Waals surface area contributed by atoms with Crippen LogP contribution < -0.4 is 14.4 Å². The Hall–Kier alpha value is -5.17. The minimum Gasteiger partial charge on any atom is -0.343 e. The number of aryl methyl sites for hydroxylation is 4. The first-order chi connectivity index (χ1) is 23.1. The van der Waals surface area contributed by atoms with Crippen molar-refractivity contribution in [3.8, 4) is 0 Å². The van der Waals surface area contributed by atoms with Gasteiger partial charge in [-0.15, -0.1) is 0 Å². The van der Waals surface area contributed by atoms with Crippen LogP contribution in [0.1, 0.15) is 57.1 Å². The molecule has 1 aliphatic rings. The van der Waals surface area contributed by atoms with Crippen molar-refractivity contribution in [2.45, 2.75) is 46.5 Å². The fraction of sp³-hybridized carbons (Fsp3) is 0.293. The van der Waals surface area contributed by atoms with Crippen molar-refractivity contribution < 1.29 is 4.57 Å². The van der Waals surface area contributed by atoms with E-state index in [1.165, 1.54) is 63.1 Å². The van der Waals surface area contributed by atoms with Gasteiger partial charge in [-0.2, -0.15) is 10.2 Å². The molecular formula is C41H48N7+. The van der Waals surface area contributed by atoms with Crippen molar-refractivity contribution in [1.29, 1.82) is 0 Å². The fourth-order valence-corrected chi connectivity index (χ4v) is 7.24. The lowest BCUT2D eigenvalue weighted by atomic mass is 10.0. The molecule has 7 heteroatoms. The Morgan fingerprint density at radius 2 is 1.17 bits per heavy atom. The third-order valence-electron chi connectivity index (χ3n) is 9.69. The molecule has 4 aromatic carbocycles. The van der Waals surface area contributed by atoms with Crippen LogP contribution in [0.15, 0.2) is 107 Å². The number of rotatable bonds is 11. The van der Waals surface area contributed by atoms with E-state index in [2.05, 4.69) is 159 Å². The molecule has 2 aromatic heterocycles. The Bertz CT molecular complexity index is 2010. The van der Waals surface area contributed by atoms with Crippen LogP contribution in [0.3, 0.4) is 0 Å². The van der Waals surface area contributed by atoms with Crippen molar-refractivity contribution in [3.63, 3.8) is 0 Å². The van der Waals surface area contributed by atoms with E-state index in [0.717, 1.165) is 43.9 Å². The van der Waals surface area contributed by atoms with Crippen molar-refractivity contribution >= 4 is 57.1 Å². The van der Waals surface area contributed by atoms with Crippen LogP contribution in [0.2, 0.25) is 0 Å². The van der Waals surface area contributed by atoms with Crippen molar-refractivity contribution in [2.75, 3.05) is 22.9 Å². The number of para-hydroxylation sites is 7. The molecule has 0 aliphatic carbocycles. The predicted octanol–water partition coefficient (Wildman–Crippen LogP) is 9.00. The van der Waals surface area contributed by atoms with Crippen molar-refractivity contribution in [3.05, 3.63) is 114 Å². The second-order valence-corrected chi connectivity index (χ2v) is 12.5. The zero-order valence-electron chi connectivity index (χ0n) is 28.0. The highest BCUT2D eigenvalue weighted by molar-refractivity contribution is 5.95. The smallest absolute Gasteiger partial charge is 0.302 e. The molecule has 0 fully saturated rings. The van der Waals surface area contributed by atoms with Gasteiger partial charge in [0.25, 0.3) is 0 Å². The van der Waals surface area contributed by atoms with Crippen molar-refractivity contribution in [1.82, 2.24) is 9.13 Å². The lowest BCUT2D eigenvalue weighted by Crippen LogP contribution is -2.32. The molecule has 0 radical (unpaired) electrons. The van der Waals surface area contributed by atoms with Gasteiger partial charge in [-0.1, -0.05) is 75.4 Å². The summed E-state index contributed by atoms with van der Waals surface area (Å²) in [6.45, 7) is 4.27. The van der Waals surface area contributed by atoms with E-state index < -0.39 is 0 Å². The minimum absolute atomic E-state index is 0. The Labute approximate surface area is 285 Å². The van der Waals surface area contributed by atoms with E-state index >= 15 is 0 Å². The third kappa shape index (κ3) is 5.89. The van der Waals surface area contributed by atoms with Crippen LogP contribution in [0, 0.1) is 0 Å². The maximum absolute atomic E-state index is 4.57. The zero-order chi connectivity index (χ0) is 32.3. The highest BCUT2D eigenvalue weighted by atomic mass is 15.3. The number of hydrogen-bond acceptors (Lipinski definition) is 4. The van der Waals surface area contributed by atoms with Gasteiger partial charge in [0, 0.05) is 31.0 Å². The van der Waals surface area contributed by atoms with Gasteiger partial charge in [-0.05, 0) is 73.7 Å².